The lowest BCUT2D eigenvalue weighted by molar-refractivity contribution is -0.122. The van der Waals surface area contributed by atoms with Crippen molar-refractivity contribution in [3.05, 3.63) is 45.4 Å². The molecule has 9 heteroatoms. The number of nitrogens with two attached hydrogens (primary N) is 1. The molecule has 0 spiro atoms. The Bertz CT molecular complexity index is 961. The van der Waals surface area contributed by atoms with Crippen LogP contribution in [0.3, 0.4) is 0 Å². The molecule has 25 heavy (non-hydrogen) atoms. The number of carbonyl (C=O) groups is 1. The van der Waals surface area contributed by atoms with E-state index in [1.54, 1.807) is 37.3 Å². The van der Waals surface area contributed by atoms with E-state index in [1.807, 2.05) is 0 Å². The third-order valence-electron chi connectivity index (χ3n) is 3.30. The van der Waals surface area contributed by atoms with Crippen molar-refractivity contribution in [2.75, 3.05) is 11.1 Å². The molecule has 0 bridgehead atoms. The highest BCUT2D eigenvalue weighted by Gasteiger charge is 2.18. The van der Waals surface area contributed by atoms with Crippen LogP contribution >= 0.6 is 46.1 Å². The van der Waals surface area contributed by atoms with Crippen molar-refractivity contribution >= 4 is 73.1 Å². The van der Waals surface area contributed by atoms with Crippen molar-refractivity contribution in [1.82, 2.24) is 4.98 Å². The van der Waals surface area contributed by atoms with Gasteiger partial charge in [0.25, 0.3) is 5.91 Å². The zero-order valence-electron chi connectivity index (χ0n) is 12.8. The molecule has 0 aliphatic rings. The largest absolute Gasteiger partial charge is 0.479 e. The summed E-state index contributed by atoms with van der Waals surface area (Å²) in [6, 6.07) is 8.16. The average Bonchev–Trinajstić information content (AvgIpc) is 2.91. The van der Waals surface area contributed by atoms with Crippen LogP contribution in [0.4, 0.5) is 10.8 Å². The van der Waals surface area contributed by atoms with Crippen LogP contribution in [-0.2, 0) is 4.79 Å². The number of nitrogen functional groups attached to an aromatic ring is 1. The van der Waals surface area contributed by atoms with Crippen molar-refractivity contribution in [1.29, 1.82) is 0 Å². The number of amides is 1. The number of carbonyl (C=O) groups excluding carboxylic acids is 1. The maximum absolute atomic E-state index is 12.4. The molecular formula is C16H12Cl3N3O2S. The van der Waals surface area contributed by atoms with E-state index in [-0.39, 0.29) is 5.91 Å². The number of aromatic nitrogens is 1. The maximum atomic E-state index is 12.4. The van der Waals surface area contributed by atoms with Crippen LogP contribution in [0.5, 0.6) is 5.75 Å². The standard InChI is InChI=1S/C16H12Cl3N3O2S/c1-7(24-12-3-2-8(17)4-10(12)18)15(23)21-9-5-11(19)14-13(6-9)25-16(20)22-14/h2-7H,1H3,(H2,20,22)(H,21,23)/t7-/m0/s1. The lowest BCUT2D eigenvalue weighted by Gasteiger charge is -2.16. The van der Waals surface area contributed by atoms with Crippen molar-refractivity contribution in [2.45, 2.75) is 13.0 Å². The van der Waals surface area contributed by atoms with E-state index in [0.717, 1.165) is 4.70 Å². The predicted octanol–water partition coefficient (Wildman–Crippen LogP) is 5.24. The van der Waals surface area contributed by atoms with Gasteiger partial charge in [0.05, 0.1) is 14.7 Å². The van der Waals surface area contributed by atoms with Gasteiger partial charge in [-0.15, -0.1) is 0 Å². The third-order valence-corrected chi connectivity index (χ3v) is 4.95. The molecule has 3 N–H and O–H groups in total. The molecule has 1 aromatic heterocycles. The number of ether oxygens (including phenoxy) is 1. The number of nitrogens with zero attached hydrogens (tertiary/aromatic N) is 1. The van der Waals surface area contributed by atoms with Gasteiger partial charge in [-0.1, -0.05) is 46.1 Å². The first kappa shape index (κ1) is 18.1. The highest BCUT2D eigenvalue weighted by Crippen LogP contribution is 2.33. The molecule has 0 aliphatic heterocycles. The van der Waals surface area contributed by atoms with E-state index in [2.05, 4.69) is 10.3 Å². The zero-order valence-corrected chi connectivity index (χ0v) is 15.9. The molecule has 0 radical (unpaired) electrons. The van der Waals surface area contributed by atoms with Crippen molar-refractivity contribution in [2.24, 2.45) is 0 Å². The molecule has 3 aromatic rings. The minimum Gasteiger partial charge on any atom is -0.479 e. The number of anilines is 2. The Hall–Kier alpha value is -1.73. The monoisotopic (exact) mass is 415 g/mol. The zero-order chi connectivity index (χ0) is 18.1. The van der Waals surface area contributed by atoms with Crippen LogP contribution in [-0.4, -0.2) is 17.0 Å². The second kappa shape index (κ2) is 7.25. The summed E-state index contributed by atoms with van der Waals surface area (Å²) in [6.45, 7) is 1.62. The molecule has 2 aromatic carbocycles. The summed E-state index contributed by atoms with van der Waals surface area (Å²) < 4.78 is 6.38. The van der Waals surface area contributed by atoms with Crippen molar-refractivity contribution < 1.29 is 9.53 Å². The van der Waals surface area contributed by atoms with E-state index in [0.29, 0.717) is 37.2 Å². The number of thiazole rings is 1. The Morgan fingerprint density at radius 1 is 1.24 bits per heavy atom. The summed E-state index contributed by atoms with van der Waals surface area (Å²) in [5.74, 6) is 0.0244. The number of rotatable bonds is 4. The van der Waals surface area contributed by atoms with E-state index < -0.39 is 6.10 Å². The van der Waals surface area contributed by atoms with Gasteiger partial charge in [0.15, 0.2) is 11.2 Å². The van der Waals surface area contributed by atoms with Gasteiger partial charge in [-0.3, -0.25) is 4.79 Å². The molecule has 5 nitrogen and oxygen atoms in total. The lowest BCUT2D eigenvalue weighted by atomic mass is 10.2. The van der Waals surface area contributed by atoms with Crippen molar-refractivity contribution in [3.8, 4) is 5.75 Å². The Morgan fingerprint density at radius 2 is 2.00 bits per heavy atom. The first-order chi connectivity index (χ1) is 11.8. The van der Waals surface area contributed by atoms with Crippen LogP contribution in [0.1, 0.15) is 6.92 Å². The average molecular weight is 417 g/mol. The minimum atomic E-state index is -0.778. The highest BCUT2D eigenvalue weighted by atomic mass is 35.5. The Kier molecular flexibility index (Phi) is 5.24. The molecule has 0 saturated heterocycles. The SMILES string of the molecule is C[C@H](Oc1ccc(Cl)cc1Cl)C(=O)Nc1cc(Cl)c2nc(N)sc2c1. The fraction of sp³-hybridized carbons (Fsp3) is 0.125. The Labute approximate surface area is 162 Å². The molecule has 1 atom stereocenters. The third kappa shape index (κ3) is 4.10. The second-order valence-corrected chi connectivity index (χ2v) is 7.49. The van der Waals surface area contributed by atoms with E-state index in [4.69, 9.17) is 45.3 Å². The summed E-state index contributed by atoms with van der Waals surface area (Å²) >= 11 is 19.4. The van der Waals surface area contributed by atoms with Gasteiger partial charge in [-0.25, -0.2) is 4.98 Å². The van der Waals surface area contributed by atoms with E-state index >= 15 is 0 Å². The van der Waals surface area contributed by atoms with Gasteiger partial charge in [-0.05, 0) is 37.3 Å². The van der Waals surface area contributed by atoms with Gasteiger partial charge in [0, 0.05) is 10.7 Å². The first-order valence-electron chi connectivity index (χ1n) is 7.11. The summed E-state index contributed by atoms with van der Waals surface area (Å²) in [4.78, 5) is 16.5. The lowest BCUT2D eigenvalue weighted by Crippen LogP contribution is -2.30. The van der Waals surface area contributed by atoms with Crippen LogP contribution in [0.25, 0.3) is 10.2 Å². The van der Waals surface area contributed by atoms with Gasteiger partial charge in [0.2, 0.25) is 0 Å². The quantitative estimate of drug-likeness (QED) is 0.609. The molecule has 130 valence electrons. The molecule has 3 rings (SSSR count). The summed E-state index contributed by atoms with van der Waals surface area (Å²) in [6.07, 6.45) is -0.778. The number of hydrogen-bond acceptors (Lipinski definition) is 5. The number of hydrogen-bond donors (Lipinski definition) is 2. The molecule has 0 aliphatic carbocycles. The van der Waals surface area contributed by atoms with Crippen LogP contribution in [0.2, 0.25) is 15.1 Å². The molecule has 1 amide bonds. The second-order valence-electron chi connectivity index (χ2n) is 5.18. The fourth-order valence-electron chi connectivity index (χ4n) is 2.14. The number of benzene rings is 2. The normalized spacial score (nSPS) is 12.2. The van der Waals surface area contributed by atoms with Crippen molar-refractivity contribution in [3.63, 3.8) is 0 Å². The summed E-state index contributed by atoms with van der Waals surface area (Å²) in [7, 11) is 0. The van der Waals surface area contributed by atoms with Crippen LogP contribution < -0.4 is 15.8 Å². The summed E-state index contributed by atoms with van der Waals surface area (Å²) in [5.41, 5.74) is 6.83. The van der Waals surface area contributed by atoms with Gasteiger partial charge in [0.1, 0.15) is 11.3 Å². The maximum Gasteiger partial charge on any atom is 0.265 e. The number of fused-ring (bicyclic) bond motifs is 1. The van der Waals surface area contributed by atoms with Crippen LogP contribution in [0.15, 0.2) is 30.3 Å². The van der Waals surface area contributed by atoms with Gasteiger partial charge >= 0.3 is 0 Å². The molecule has 0 unspecified atom stereocenters. The predicted molar refractivity (Wildman–Crippen MR) is 104 cm³/mol. The van der Waals surface area contributed by atoms with Gasteiger partial charge in [-0.2, -0.15) is 0 Å². The van der Waals surface area contributed by atoms with Gasteiger partial charge < -0.3 is 15.8 Å². The summed E-state index contributed by atoms with van der Waals surface area (Å²) in [5, 5.41) is 4.40. The molecular weight excluding hydrogens is 405 g/mol. The minimum absolute atomic E-state index is 0.330. The molecule has 0 saturated carbocycles. The highest BCUT2D eigenvalue weighted by molar-refractivity contribution is 7.22. The van der Waals surface area contributed by atoms with Crippen LogP contribution in [0, 0.1) is 0 Å². The first-order valence-corrected chi connectivity index (χ1v) is 9.06. The fourth-order valence-corrected chi connectivity index (χ4v) is 3.71. The Balaban J connectivity index is 1.75. The smallest absolute Gasteiger partial charge is 0.265 e. The molecule has 0 fully saturated rings. The van der Waals surface area contributed by atoms with E-state index in [9.17, 15) is 4.79 Å². The topological polar surface area (TPSA) is 77.2 Å². The Morgan fingerprint density at radius 3 is 2.72 bits per heavy atom. The number of halogens is 3. The number of nitrogens with one attached hydrogen (secondary N) is 1. The molecule has 1 heterocycles. The van der Waals surface area contributed by atoms with E-state index in [1.165, 1.54) is 11.3 Å².